The quantitative estimate of drug-likeness (QED) is 0.277. The molecule has 0 spiro atoms. The molecule has 0 radical (unpaired) electrons. The lowest BCUT2D eigenvalue weighted by atomic mass is 10.1. The lowest BCUT2D eigenvalue weighted by Gasteiger charge is -2.09. The summed E-state index contributed by atoms with van der Waals surface area (Å²) in [5.74, 6) is 0.151. The van der Waals surface area contributed by atoms with E-state index in [0.29, 0.717) is 16.0 Å². The average Bonchev–Trinajstić information content (AvgIpc) is 2.53. The van der Waals surface area contributed by atoms with E-state index < -0.39 is 16.7 Å². The topological polar surface area (TPSA) is 75.7 Å². The van der Waals surface area contributed by atoms with Crippen LogP contribution in [0.3, 0.4) is 0 Å². The number of thioether (sulfide) groups is 1. The molecular weight excluding hydrogens is 345 g/mol. The minimum absolute atomic E-state index is 0.151. The maximum Gasteiger partial charge on any atom is 0.416 e. The second-order valence-electron chi connectivity index (χ2n) is 4.72. The van der Waals surface area contributed by atoms with Gasteiger partial charge in [0.25, 0.3) is 5.69 Å². The number of halogens is 3. The molecule has 2 aromatic rings. The van der Waals surface area contributed by atoms with Crippen LogP contribution in [0.5, 0.6) is 0 Å². The van der Waals surface area contributed by atoms with Crippen molar-refractivity contribution in [3.05, 3.63) is 69.3 Å². The minimum atomic E-state index is -4.43. The third kappa shape index (κ3) is 4.48. The number of hydrogen-bond donors (Lipinski definition) is 1. The molecule has 0 saturated carbocycles. The molecule has 0 aliphatic heterocycles. The zero-order chi connectivity index (χ0) is 17.7. The maximum absolute atomic E-state index is 12.7. The fourth-order valence-corrected chi connectivity index (χ4v) is 2.89. The van der Waals surface area contributed by atoms with E-state index in [4.69, 9.17) is 5.21 Å². The predicted octanol–water partition coefficient (Wildman–Crippen LogP) is 4.71. The van der Waals surface area contributed by atoms with E-state index in [0.717, 1.165) is 30.1 Å². The number of oxime groups is 1. The summed E-state index contributed by atoms with van der Waals surface area (Å²) in [6.45, 7) is 0. The first kappa shape index (κ1) is 17.8. The number of rotatable bonds is 5. The van der Waals surface area contributed by atoms with Gasteiger partial charge in [0, 0.05) is 17.4 Å². The minimum Gasteiger partial charge on any atom is -0.411 e. The first-order chi connectivity index (χ1) is 11.3. The summed E-state index contributed by atoms with van der Waals surface area (Å²) in [6, 6.07) is 9.03. The molecule has 5 nitrogen and oxygen atoms in total. The normalized spacial score (nSPS) is 11.8. The van der Waals surface area contributed by atoms with Crippen LogP contribution < -0.4 is 0 Å². The summed E-state index contributed by atoms with van der Waals surface area (Å²) in [7, 11) is 0. The molecule has 0 unspecified atom stereocenters. The summed E-state index contributed by atoms with van der Waals surface area (Å²) < 4.78 is 38.1. The van der Waals surface area contributed by atoms with Crippen LogP contribution in [0.4, 0.5) is 18.9 Å². The van der Waals surface area contributed by atoms with Gasteiger partial charge in [-0.3, -0.25) is 10.1 Å². The molecule has 0 aromatic heterocycles. The summed E-state index contributed by atoms with van der Waals surface area (Å²) in [5, 5.41) is 22.4. The second-order valence-corrected chi connectivity index (χ2v) is 5.73. The van der Waals surface area contributed by atoms with Gasteiger partial charge in [-0.2, -0.15) is 13.2 Å². The van der Waals surface area contributed by atoms with E-state index in [2.05, 4.69) is 5.16 Å². The van der Waals surface area contributed by atoms with Crippen molar-refractivity contribution < 1.29 is 23.3 Å². The molecule has 9 heteroatoms. The fourth-order valence-electron chi connectivity index (χ4n) is 1.94. The van der Waals surface area contributed by atoms with Gasteiger partial charge < -0.3 is 5.21 Å². The highest BCUT2D eigenvalue weighted by molar-refractivity contribution is 7.98. The lowest BCUT2D eigenvalue weighted by Crippen LogP contribution is -2.04. The molecule has 24 heavy (non-hydrogen) atoms. The number of nitro groups is 1. The van der Waals surface area contributed by atoms with E-state index in [1.165, 1.54) is 30.3 Å². The molecule has 0 aliphatic carbocycles. The molecular formula is C15H11F3N2O3S. The Morgan fingerprint density at radius 1 is 1.25 bits per heavy atom. The lowest BCUT2D eigenvalue weighted by molar-refractivity contribution is -0.387. The van der Waals surface area contributed by atoms with Crippen LogP contribution in [0.1, 0.15) is 16.7 Å². The molecule has 0 atom stereocenters. The molecule has 0 heterocycles. The van der Waals surface area contributed by atoms with Gasteiger partial charge in [-0.1, -0.05) is 29.4 Å². The summed E-state index contributed by atoms with van der Waals surface area (Å²) >= 11 is 1.06. The van der Waals surface area contributed by atoms with Gasteiger partial charge in [0.05, 0.1) is 21.6 Å². The smallest absolute Gasteiger partial charge is 0.411 e. The first-order valence-corrected chi connectivity index (χ1v) is 7.54. The first-order valence-electron chi connectivity index (χ1n) is 6.56. The molecule has 1 N–H and O–H groups in total. The van der Waals surface area contributed by atoms with Crippen molar-refractivity contribution >= 4 is 23.7 Å². The highest BCUT2D eigenvalue weighted by Gasteiger charge is 2.30. The number of nitrogens with zero attached hydrogens (tertiary/aromatic N) is 2. The number of hydrogen-bond acceptors (Lipinski definition) is 5. The molecule has 0 amide bonds. The highest BCUT2D eigenvalue weighted by atomic mass is 32.2. The van der Waals surface area contributed by atoms with Crippen LogP contribution in [0, 0.1) is 10.1 Å². The van der Waals surface area contributed by atoms with Crippen molar-refractivity contribution in [1.82, 2.24) is 0 Å². The standard InChI is InChI=1S/C15H11F3N2O3S/c16-15(17,18)12-3-1-2-11(6-12)9-24-14-5-4-10(8-19-21)7-13(14)20(22)23/h1-8,21H,9H2. The van der Waals surface area contributed by atoms with Crippen molar-refractivity contribution in [3.8, 4) is 0 Å². The zero-order valence-electron chi connectivity index (χ0n) is 12.0. The van der Waals surface area contributed by atoms with E-state index in [9.17, 15) is 23.3 Å². The Morgan fingerprint density at radius 3 is 2.62 bits per heavy atom. The number of nitro benzene ring substituents is 1. The molecule has 2 aromatic carbocycles. The molecule has 0 fully saturated rings. The summed E-state index contributed by atoms with van der Waals surface area (Å²) in [4.78, 5) is 10.8. The van der Waals surface area contributed by atoms with Crippen molar-refractivity contribution in [2.45, 2.75) is 16.8 Å². The Kier molecular flexibility index (Phi) is 5.45. The predicted molar refractivity (Wildman–Crippen MR) is 83.5 cm³/mol. The largest absolute Gasteiger partial charge is 0.416 e. The van der Waals surface area contributed by atoms with Gasteiger partial charge >= 0.3 is 6.18 Å². The van der Waals surface area contributed by atoms with Gasteiger partial charge in [0.15, 0.2) is 0 Å². The van der Waals surface area contributed by atoms with E-state index in [1.807, 2.05) is 0 Å². The van der Waals surface area contributed by atoms with E-state index in [-0.39, 0.29) is 11.4 Å². The molecule has 0 saturated heterocycles. The van der Waals surface area contributed by atoms with E-state index >= 15 is 0 Å². The van der Waals surface area contributed by atoms with Crippen LogP contribution >= 0.6 is 11.8 Å². The monoisotopic (exact) mass is 356 g/mol. The van der Waals surface area contributed by atoms with Crippen LogP contribution in [0.25, 0.3) is 0 Å². The van der Waals surface area contributed by atoms with Gasteiger partial charge in [-0.25, -0.2) is 0 Å². The van der Waals surface area contributed by atoms with Gasteiger partial charge in [-0.15, -0.1) is 11.8 Å². The van der Waals surface area contributed by atoms with Crippen molar-refractivity contribution in [1.29, 1.82) is 0 Å². The zero-order valence-corrected chi connectivity index (χ0v) is 12.8. The van der Waals surface area contributed by atoms with Crippen LogP contribution in [-0.2, 0) is 11.9 Å². The molecule has 126 valence electrons. The summed E-state index contributed by atoms with van der Waals surface area (Å²) in [6.07, 6.45) is -3.38. The Balaban J connectivity index is 2.22. The second kappa shape index (κ2) is 7.35. The van der Waals surface area contributed by atoms with Crippen LogP contribution in [0.2, 0.25) is 0 Å². The van der Waals surface area contributed by atoms with Crippen molar-refractivity contribution in [3.63, 3.8) is 0 Å². The molecule has 0 aliphatic rings. The SMILES string of the molecule is O=[N+]([O-])c1cc(C=NO)ccc1SCc1cccc(C(F)(F)F)c1. The van der Waals surface area contributed by atoms with Crippen molar-refractivity contribution in [2.75, 3.05) is 0 Å². The Bertz CT molecular complexity index is 779. The van der Waals surface area contributed by atoms with Crippen LogP contribution in [0.15, 0.2) is 52.5 Å². The Labute approximate surface area is 138 Å². The average molecular weight is 356 g/mol. The number of benzene rings is 2. The third-order valence-corrected chi connectivity index (χ3v) is 4.17. The maximum atomic E-state index is 12.7. The van der Waals surface area contributed by atoms with Gasteiger partial charge in [0.2, 0.25) is 0 Å². The third-order valence-electron chi connectivity index (χ3n) is 3.04. The van der Waals surface area contributed by atoms with Gasteiger partial charge in [-0.05, 0) is 17.7 Å². The highest BCUT2D eigenvalue weighted by Crippen LogP contribution is 2.34. The molecule has 0 bridgehead atoms. The Hall–Kier alpha value is -2.55. The van der Waals surface area contributed by atoms with Gasteiger partial charge in [0.1, 0.15) is 0 Å². The molecule has 2 rings (SSSR count). The number of alkyl halides is 3. The summed E-state index contributed by atoms with van der Waals surface area (Å²) in [5.41, 5.74) is -0.216. The van der Waals surface area contributed by atoms with Crippen molar-refractivity contribution in [2.24, 2.45) is 5.16 Å². The Morgan fingerprint density at radius 2 is 2.00 bits per heavy atom. The van der Waals surface area contributed by atoms with E-state index in [1.54, 1.807) is 0 Å². The van der Waals surface area contributed by atoms with Crippen LogP contribution in [-0.4, -0.2) is 16.3 Å². The fraction of sp³-hybridized carbons (Fsp3) is 0.133.